The Labute approximate surface area is 483 Å². The standard InChI is InChI=1S/C79H54N4/c1-78(2)68-37-17-15-34-63(68)65-43-40-54(49-70(65)78)52-24-19-26-57(46-52)76-80-75(51-22-7-3-8-23-51)81-77(82-76)58-27-20-25-56(47-58)62-36-21-39-73-74(62)67-48-53(42-45-72(67)83(73)61-32-13-6-14-33-61)55-41-44-66-64-35-16-18-38-69(64)79(71(66)50-55,59-28-9-4-10-29-59)60-30-11-5-12-31-60/h3-50H,1-2H3. The van der Waals surface area contributed by atoms with Crippen LogP contribution in [-0.2, 0) is 10.8 Å². The van der Waals surface area contributed by atoms with Crippen molar-refractivity contribution in [2.75, 3.05) is 0 Å². The van der Waals surface area contributed by atoms with Crippen LogP contribution in [0.5, 0.6) is 0 Å². The van der Waals surface area contributed by atoms with Gasteiger partial charge in [0.05, 0.1) is 16.4 Å². The number of nitrogens with zero attached hydrogens (tertiary/aromatic N) is 4. The highest BCUT2D eigenvalue weighted by Crippen LogP contribution is 2.57. The maximum absolute atomic E-state index is 5.34. The van der Waals surface area contributed by atoms with E-state index in [0.717, 1.165) is 61.2 Å². The Morgan fingerprint density at radius 3 is 1.37 bits per heavy atom. The molecule has 0 spiro atoms. The van der Waals surface area contributed by atoms with Crippen LogP contribution in [0.15, 0.2) is 291 Å². The summed E-state index contributed by atoms with van der Waals surface area (Å²) in [7, 11) is 0. The van der Waals surface area contributed by atoms with Crippen molar-refractivity contribution in [2.45, 2.75) is 24.7 Å². The lowest BCUT2D eigenvalue weighted by atomic mass is 9.67. The van der Waals surface area contributed by atoms with Gasteiger partial charge in [0, 0.05) is 38.6 Å². The highest BCUT2D eigenvalue weighted by atomic mass is 15.0. The SMILES string of the molecule is CC1(C)c2ccccc2-c2ccc(-c3cccc(-c4nc(-c5ccccc5)nc(-c5cccc(-c6cccc7c6c6cc(-c8ccc9c(c8)C(c8ccccc8)(c8ccccc8)c8ccccc8-9)ccc6n7-c6ccccc6)c5)n4)c3)cc21. The summed E-state index contributed by atoms with van der Waals surface area (Å²) in [6.07, 6.45) is 0. The molecule has 0 unspecified atom stereocenters. The summed E-state index contributed by atoms with van der Waals surface area (Å²) in [6.45, 7) is 4.67. The van der Waals surface area contributed by atoms with Gasteiger partial charge in [-0.05, 0) is 144 Å². The molecule has 83 heavy (non-hydrogen) atoms. The number of benzene rings is 12. The number of para-hydroxylation sites is 1. The van der Waals surface area contributed by atoms with Gasteiger partial charge in [-0.3, -0.25) is 0 Å². The van der Waals surface area contributed by atoms with E-state index in [1.807, 2.05) is 18.2 Å². The normalized spacial score (nSPS) is 13.4. The van der Waals surface area contributed by atoms with E-state index in [4.69, 9.17) is 15.0 Å². The molecule has 4 heteroatoms. The zero-order valence-corrected chi connectivity index (χ0v) is 46.0. The van der Waals surface area contributed by atoms with Crippen molar-refractivity contribution in [3.05, 3.63) is 325 Å². The largest absolute Gasteiger partial charge is 0.309 e. The summed E-state index contributed by atoms with van der Waals surface area (Å²) >= 11 is 0. The summed E-state index contributed by atoms with van der Waals surface area (Å²) in [5, 5.41) is 2.35. The van der Waals surface area contributed by atoms with Gasteiger partial charge in [0.2, 0.25) is 0 Å². The van der Waals surface area contributed by atoms with E-state index >= 15 is 0 Å². The first-order valence-electron chi connectivity index (χ1n) is 28.7. The van der Waals surface area contributed by atoms with Crippen molar-refractivity contribution in [1.29, 1.82) is 0 Å². The molecule has 2 aliphatic carbocycles. The third-order valence-corrected chi connectivity index (χ3v) is 17.7. The molecule has 2 aromatic heterocycles. The summed E-state index contributed by atoms with van der Waals surface area (Å²) in [5.41, 5.74) is 25.3. The number of hydrogen-bond acceptors (Lipinski definition) is 3. The van der Waals surface area contributed by atoms with Crippen molar-refractivity contribution in [1.82, 2.24) is 19.5 Å². The van der Waals surface area contributed by atoms with E-state index in [1.54, 1.807) is 0 Å². The first-order valence-corrected chi connectivity index (χ1v) is 28.7. The van der Waals surface area contributed by atoms with Crippen molar-refractivity contribution in [3.8, 4) is 95.5 Å². The fraction of sp³-hybridized carbons (Fsp3) is 0.0506. The van der Waals surface area contributed by atoms with Gasteiger partial charge in [0.15, 0.2) is 17.5 Å². The number of fused-ring (bicyclic) bond motifs is 9. The Morgan fingerprint density at radius 2 is 0.711 bits per heavy atom. The molecule has 0 N–H and O–H groups in total. The second-order valence-corrected chi connectivity index (χ2v) is 22.7. The van der Waals surface area contributed by atoms with Crippen LogP contribution in [0.2, 0.25) is 0 Å². The molecule has 12 aromatic carbocycles. The molecule has 14 aromatic rings. The average Bonchev–Trinajstić information content (AvgIpc) is 3.77. The van der Waals surface area contributed by atoms with Gasteiger partial charge in [0.1, 0.15) is 0 Å². The monoisotopic (exact) mass is 1060 g/mol. The predicted octanol–water partition coefficient (Wildman–Crippen LogP) is 19.6. The van der Waals surface area contributed by atoms with Crippen LogP contribution in [0, 0.1) is 0 Å². The second-order valence-electron chi connectivity index (χ2n) is 22.7. The van der Waals surface area contributed by atoms with Crippen molar-refractivity contribution in [2.24, 2.45) is 0 Å². The molecule has 4 nitrogen and oxygen atoms in total. The lowest BCUT2D eigenvalue weighted by Gasteiger charge is -2.34. The maximum atomic E-state index is 5.34. The molecule has 0 saturated carbocycles. The maximum Gasteiger partial charge on any atom is 0.164 e. The average molecular weight is 1060 g/mol. The van der Waals surface area contributed by atoms with Crippen molar-refractivity contribution in [3.63, 3.8) is 0 Å². The number of rotatable bonds is 9. The number of hydrogen-bond donors (Lipinski definition) is 0. The van der Waals surface area contributed by atoms with E-state index in [9.17, 15) is 0 Å². The summed E-state index contributed by atoms with van der Waals surface area (Å²) in [5.74, 6) is 1.86. The predicted molar refractivity (Wildman–Crippen MR) is 342 cm³/mol. The van der Waals surface area contributed by atoms with Crippen LogP contribution in [0.25, 0.3) is 117 Å². The lowest BCUT2D eigenvalue weighted by Crippen LogP contribution is -2.28. The zero-order chi connectivity index (χ0) is 55.2. The van der Waals surface area contributed by atoms with E-state index in [-0.39, 0.29) is 5.41 Å². The van der Waals surface area contributed by atoms with Gasteiger partial charge in [-0.15, -0.1) is 0 Å². The lowest BCUT2D eigenvalue weighted by molar-refractivity contribution is 0.660. The van der Waals surface area contributed by atoms with E-state index in [1.165, 1.54) is 72.0 Å². The minimum absolute atomic E-state index is 0.105. The van der Waals surface area contributed by atoms with Gasteiger partial charge >= 0.3 is 0 Å². The molecule has 0 saturated heterocycles. The van der Waals surface area contributed by atoms with Gasteiger partial charge in [0.25, 0.3) is 0 Å². The van der Waals surface area contributed by atoms with Crippen molar-refractivity contribution < 1.29 is 0 Å². The summed E-state index contributed by atoms with van der Waals surface area (Å²) < 4.78 is 2.41. The Kier molecular flexibility index (Phi) is 11.1. The minimum Gasteiger partial charge on any atom is -0.309 e. The van der Waals surface area contributed by atoms with E-state index in [0.29, 0.717) is 17.5 Å². The zero-order valence-electron chi connectivity index (χ0n) is 46.0. The van der Waals surface area contributed by atoms with Crippen LogP contribution < -0.4 is 0 Å². The molecule has 390 valence electrons. The molecule has 0 amide bonds. The van der Waals surface area contributed by atoms with Crippen LogP contribution in [0.4, 0.5) is 0 Å². The highest BCUT2D eigenvalue weighted by molar-refractivity contribution is 6.17. The Bertz CT molecular complexity index is 4830. The fourth-order valence-electron chi connectivity index (χ4n) is 13.9. The molecular weight excluding hydrogens is 1000 g/mol. The first-order chi connectivity index (χ1) is 40.9. The summed E-state index contributed by atoms with van der Waals surface area (Å²) in [4.78, 5) is 15.8. The molecule has 0 atom stereocenters. The molecule has 0 radical (unpaired) electrons. The van der Waals surface area contributed by atoms with Crippen LogP contribution >= 0.6 is 0 Å². The van der Waals surface area contributed by atoms with Crippen LogP contribution in [0.3, 0.4) is 0 Å². The van der Waals surface area contributed by atoms with Crippen molar-refractivity contribution >= 4 is 21.8 Å². The van der Waals surface area contributed by atoms with Gasteiger partial charge in [-0.1, -0.05) is 250 Å². The van der Waals surface area contributed by atoms with E-state index in [2.05, 4.69) is 291 Å². The quantitative estimate of drug-likeness (QED) is 0.145. The Morgan fingerprint density at radius 1 is 0.277 bits per heavy atom. The highest BCUT2D eigenvalue weighted by Gasteiger charge is 2.46. The third-order valence-electron chi connectivity index (χ3n) is 17.7. The second kappa shape index (κ2) is 19.0. The molecule has 0 bridgehead atoms. The Balaban J connectivity index is 0.839. The molecular formula is C79H54N4. The van der Waals surface area contributed by atoms with Gasteiger partial charge in [-0.2, -0.15) is 0 Å². The van der Waals surface area contributed by atoms with Crippen LogP contribution in [0.1, 0.15) is 47.2 Å². The molecule has 0 fully saturated rings. The molecule has 2 aliphatic rings. The minimum atomic E-state index is -0.505. The molecule has 0 aliphatic heterocycles. The third kappa shape index (κ3) is 7.64. The number of aromatic nitrogens is 4. The Hall–Kier alpha value is -10.6. The van der Waals surface area contributed by atoms with Crippen LogP contribution in [-0.4, -0.2) is 19.5 Å². The summed E-state index contributed by atoms with van der Waals surface area (Å²) in [6, 6.07) is 106. The molecule has 2 heterocycles. The molecule has 16 rings (SSSR count). The van der Waals surface area contributed by atoms with E-state index < -0.39 is 5.41 Å². The fourth-order valence-corrected chi connectivity index (χ4v) is 13.9. The van der Waals surface area contributed by atoms with Gasteiger partial charge in [-0.25, -0.2) is 15.0 Å². The van der Waals surface area contributed by atoms with Gasteiger partial charge < -0.3 is 4.57 Å². The first kappa shape index (κ1) is 48.4. The topological polar surface area (TPSA) is 43.6 Å². The smallest absolute Gasteiger partial charge is 0.164 e.